The van der Waals surface area contributed by atoms with Crippen molar-refractivity contribution >= 4 is 17.6 Å². The third-order valence-electron chi connectivity index (χ3n) is 3.63. The largest absolute Gasteiger partial charge is 0.493 e. The summed E-state index contributed by atoms with van der Waals surface area (Å²) in [7, 11) is 3.11. The molecule has 0 bridgehead atoms. The summed E-state index contributed by atoms with van der Waals surface area (Å²) in [6.07, 6.45) is 0.270. The van der Waals surface area contributed by atoms with E-state index in [1.54, 1.807) is 37.3 Å². The zero-order valence-electron chi connectivity index (χ0n) is 14.8. The van der Waals surface area contributed by atoms with E-state index in [2.05, 4.69) is 10.6 Å². The lowest BCUT2D eigenvalue weighted by Crippen LogP contribution is -2.50. The third-order valence-corrected chi connectivity index (χ3v) is 3.63. The number of carbonyl (C=O) groups excluding carboxylic acids is 2. The van der Waals surface area contributed by atoms with Crippen molar-refractivity contribution in [2.45, 2.75) is 38.8 Å². The quantitative estimate of drug-likeness (QED) is 0.881. The molecule has 0 radical (unpaired) electrons. The molecule has 0 aromatic heterocycles. The monoisotopic (exact) mass is 335 g/mol. The number of urea groups is 1. The van der Waals surface area contributed by atoms with E-state index in [0.717, 1.165) is 5.69 Å². The zero-order chi connectivity index (χ0) is 17.9. The Morgan fingerprint density at radius 3 is 2.46 bits per heavy atom. The van der Waals surface area contributed by atoms with E-state index in [1.165, 1.54) is 0 Å². The molecule has 3 amide bonds. The van der Waals surface area contributed by atoms with Crippen molar-refractivity contribution in [3.8, 4) is 11.5 Å². The van der Waals surface area contributed by atoms with Crippen LogP contribution in [0.2, 0.25) is 0 Å². The molecule has 1 saturated heterocycles. The molecule has 0 saturated carbocycles. The van der Waals surface area contributed by atoms with E-state index in [-0.39, 0.29) is 29.9 Å². The average Bonchev–Trinajstić information content (AvgIpc) is 2.84. The second kappa shape index (κ2) is 6.98. The topological polar surface area (TPSA) is 79.9 Å². The summed E-state index contributed by atoms with van der Waals surface area (Å²) in [5.41, 5.74) is 0.397. The molecule has 1 aliphatic heterocycles. The standard InChI is InChI=1S/C17H25N3O4/c1-17(2,3)19-16(22)18-11-8-15(21)20(10-11)12-6-7-13(23-4)14(9-12)24-5/h6-7,9,11H,8,10H2,1-5H3,(H2,18,19,22). The fourth-order valence-corrected chi connectivity index (χ4v) is 2.61. The Balaban J connectivity index is 2.06. The zero-order valence-corrected chi connectivity index (χ0v) is 14.8. The van der Waals surface area contributed by atoms with Crippen LogP contribution in [-0.4, -0.2) is 44.3 Å². The van der Waals surface area contributed by atoms with Crippen LogP contribution < -0.4 is 25.0 Å². The number of amides is 3. The highest BCUT2D eigenvalue weighted by Crippen LogP contribution is 2.33. The maximum absolute atomic E-state index is 12.3. The smallest absolute Gasteiger partial charge is 0.315 e. The molecule has 1 fully saturated rings. The maximum atomic E-state index is 12.3. The summed E-state index contributed by atoms with van der Waals surface area (Å²) in [4.78, 5) is 25.9. The molecule has 7 nitrogen and oxygen atoms in total. The number of hydrogen-bond donors (Lipinski definition) is 2. The minimum absolute atomic E-state index is 0.0386. The van der Waals surface area contributed by atoms with Crippen molar-refractivity contribution < 1.29 is 19.1 Å². The normalized spacial score (nSPS) is 17.6. The predicted octanol–water partition coefficient (Wildman–Crippen LogP) is 1.91. The van der Waals surface area contributed by atoms with Gasteiger partial charge in [0.25, 0.3) is 0 Å². The van der Waals surface area contributed by atoms with Gasteiger partial charge in [-0.3, -0.25) is 4.79 Å². The Bertz CT molecular complexity index is 625. The summed E-state index contributed by atoms with van der Waals surface area (Å²) in [5.74, 6) is 1.13. The Morgan fingerprint density at radius 2 is 1.88 bits per heavy atom. The highest BCUT2D eigenvalue weighted by Gasteiger charge is 2.32. The second-order valence-electron chi connectivity index (χ2n) is 6.79. The Kier molecular flexibility index (Phi) is 5.21. The van der Waals surface area contributed by atoms with Gasteiger partial charge in [0.05, 0.1) is 20.3 Å². The van der Waals surface area contributed by atoms with E-state index in [9.17, 15) is 9.59 Å². The predicted molar refractivity (Wildman–Crippen MR) is 91.7 cm³/mol. The van der Waals surface area contributed by atoms with Crippen molar-refractivity contribution in [3.63, 3.8) is 0 Å². The molecule has 0 spiro atoms. The van der Waals surface area contributed by atoms with Gasteiger partial charge in [-0.1, -0.05) is 0 Å². The van der Waals surface area contributed by atoms with Gasteiger partial charge < -0.3 is 25.0 Å². The summed E-state index contributed by atoms with van der Waals surface area (Å²) in [5, 5.41) is 5.68. The van der Waals surface area contributed by atoms with Gasteiger partial charge in [0.1, 0.15) is 0 Å². The molecule has 24 heavy (non-hydrogen) atoms. The highest BCUT2D eigenvalue weighted by molar-refractivity contribution is 5.97. The fourth-order valence-electron chi connectivity index (χ4n) is 2.61. The number of hydrogen-bond acceptors (Lipinski definition) is 4. The first kappa shape index (κ1) is 17.9. The lowest BCUT2D eigenvalue weighted by Gasteiger charge is -2.23. The van der Waals surface area contributed by atoms with Crippen LogP contribution in [0.15, 0.2) is 18.2 Å². The lowest BCUT2D eigenvalue weighted by atomic mass is 10.1. The number of ether oxygens (including phenoxy) is 2. The number of benzene rings is 1. The highest BCUT2D eigenvalue weighted by atomic mass is 16.5. The van der Waals surface area contributed by atoms with E-state index in [1.807, 2.05) is 20.8 Å². The molecule has 1 heterocycles. The minimum Gasteiger partial charge on any atom is -0.493 e. The average molecular weight is 335 g/mol. The van der Waals surface area contributed by atoms with Crippen LogP contribution in [0.1, 0.15) is 27.2 Å². The van der Waals surface area contributed by atoms with Gasteiger partial charge >= 0.3 is 6.03 Å². The van der Waals surface area contributed by atoms with Gasteiger partial charge in [-0.15, -0.1) is 0 Å². The molecule has 1 aromatic carbocycles. The van der Waals surface area contributed by atoms with Crippen LogP contribution in [0, 0.1) is 0 Å². The number of carbonyl (C=O) groups is 2. The SMILES string of the molecule is COc1ccc(N2CC(NC(=O)NC(C)(C)C)CC2=O)cc1OC. The summed E-state index contributed by atoms with van der Waals surface area (Å²) >= 11 is 0. The Morgan fingerprint density at radius 1 is 1.21 bits per heavy atom. The molecule has 0 aliphatic carbocycles. The van der Waals surface area contributed by atoms with Gasteiger partial charge in [-0.2, -0.15) is 0 Å². The summed E-state index contributed by atoms with van der Waals surface area (Å²) in [6.45, 7) is 6.14. The van der Waals surface area contributed by atoms with Crippen molar-refractivity contribution in [1.29, 1.82) is 0 Å². The third kappa shape index (κ3) is 4.31. The molecule has 2 N–H and O–H groups in total. The fraction of sp³-hybridized carbons (Fsp3) is 0.529. The molecular formula is C17H25N3O4. The van der Waals surface area contributed by atoms with Gasteiger partial charge in [-0.25, -0.2) is 4.79 Å². The van der Waals surface area contributed by atoms with Crippen LogP contribution in [0.3, 0.4) is 0 Å². The van der Waals surface area contributed by atoms with E-state index in [4.69, 9.17) is 9.47 Å². The van der Waals surface area contributed by atoms with Crippen molar-refractivity contribution in [2.24, 2.45) is 0 Å². The van der Waals surface area contributed by atoms with Crippen LogP contribution in [0.4, 0.5) is 10.5 Å². The molecule has 132 valence electrons. The summed E-state index contributed by atoms with van der Waals surface area (Å²) < 4.78 is 10.5. The van der Waals surface area contributed by atoms with E-state index >= 15 is 0 Å². The molecule has 2 rings (SSSR count). The number of anilines is 1. The van der Waals surface area contributed by atoms with Crippen LogP contribution >= 0.6 is 0 Å². The molecule has 1 atom stereocenters. The lowest BCUT2D eigenvalue weighted by molar-refractivity contribution is -0.117. The number of methoxy groups -OCH3 is 2. The van der Waals surface area contributed by atoms with Gasteiger partial charge in [-0.05, 0) is 32.9 Å². The first-order valence-corrected chi connectivity index (χ1v) is 7.84. The van der Waals surface area contributed by atoms with Crippen molar-refractivity contribution in [3.05, 3.63) is 18.2 Å². The van der Waals surface area contributed by atoms with E-state index < -0.39 is 0 Å². The maximum Gasteiger partial charge on any atom is 0.315 e. The molecule has 1 aromatic rings. The van der Waals surface area contributed by atoms with Crippen LogP contribution in [-0.2, 0) is 4.79 Å². The molecule has 7 heteroatoms. The number of nitrogens with zero attached hydrogens (tertiary/aromatic N) is 1. The summed E-state index contributed by atoms with van der Waals surface area (Å²) in [6, 6.07) is 4.82. The Labute approximate surface area is 142 Å². The van der Waals surface area contributed by atoms with Crippen LogP contribution in [0.5, 0.6) is 11.5 Å². The van der Waals surface area contributed by atoms with Crippen LogP contribution in [0.25, 0.3) is 0 Å². The number of nitrogens with one attached hydrogen (secondary N) is 2. The molecule has 1 aliphatic rings. The Hall–Kier alpha value is -2.44. The molecule has 1 unspecified atom stereocenters. The van der Waals surface area contributed by atoms with Gasteiger partial charge in [0.15, 0.2) is 11.5 Å². The first-order chi connectivity index (χ1) is 11.2. The first-order valence-electron chi connectivity index (χ1n) is 7.84. The minimum atomic E-state index is -0.324. The van der Waals surface area contributed by atoms with Gasteiger partial charge in [0.2, 0.25) is 5.91 Å². The van der Waals surface area contributed by atoms with Crippen molar-refractivity contribution in [1.82, 2.24) is 10.6 Å². The van der Waals surface area contributed by atoms with E-state index in [0.29, 0.717) is 18.0 Å². The second-order valence-corrected chi connectivity index (χ2v) is 6.79. The van der Waals surface area contributed by atoms with Gasteiger partial charge in [0, 0.05) is 30.3 Å². The van der Waals surface area contributed by atoms with Crippen molar-refractivity contribution in [2.75, 3.05) is 25.7 Å². The molecular weight excluding hydrogens is 310 g/mol. The number of rotatable bonds is 4.